The maximum Gasteiger partial charge on any atom is 0.217 e. The summed E-state index contributed by atoms with van der Waals surface area (Å²) in [5, 5.41) is 0. The van der Waals surface area contributed by atoms with Crippen molar-refractivity contribution in [1.82, 2.24) is 0 Å². The topological polar surface area (TPSA) is 22.3 Å². The lowest BCUT2D eigenvalue weighted by Gasteiger charge is -2.63. The minimum absolute atomic E-state index is 0.0229. The van der Waals surface area contributed by atoms with Crippen LogP contribution in [0.3, 0.4) is 0 Å². The lowest BCUT2D eigenvalue weighted by molar-refractivity contribution is -0.797. The number of ether oxygens (including phenoxy) is 2. The largest absolute Gasteiger partial charge is 0.349 e. The van der Waals surface area contributed by atoms with Crippen molar-refractivity contribution in [3.63, 3.8) is 0 Å². The number of rotatable bonds is 7. The highest BCUT2D eigenvalue weighted by molar-refractivity contribution is 5.81. The Morgan fingerprint density at radius 3 is 2.12 bits per heavy atom. The molecule has 0 amide bonds. The number of fused-ring (bicyclic) bond motifs is 3. The fourth-order valence-corrected chi connectivity index (χ4v) is 7.66. The van der Waals surface area contributed by atoms with E-state index in [-0.39, 0.29) is 34.9 Å². The molecule has 0 saturated heterocycles. The highest BCUT2D eigenvalue weighted by Crippen LogP contribution is 2.68. The Morgan fingerprint density at radius 2 is 1.53 bits per heavy atom. The van der Waals surface area contributed by atoms with Crippen molar-refractivity contribution in [2.75, 3.05) is 0 Å². The van der Waals surface area contributed by atoms with Gasteiger partial charge in [0.05, 0.1) is 29.1 Å². The molecule has 172 valence electrons. The normalized spacial score (nSPS) is 28.8. The Morgan fingerprint density at radius 1 is 0.906 bits per heavy atom. The minimum Gasteiger partial charge on any atom is -0.349 e. The van der Waals surface area contributed by atoms with Gasteiger partial charge in [-0.05, 0) is 57.7 Å². The summed E-state index contributed by atoms with van der Waals surface area (Å²) in [6.45, 7) is 18.0. The molecule has 3 atom stereocenters. The SMILES string of the molecule is CCC12CC(C(OC(C)C)OC(C)C)C1(CC)[n+]1cccc3c1-c1c(cccc12)C3(C)C. The highest BCUT2D eigenvalue weighted by Gasteiger charge is 2.76. The predicted molar refractivity (Wildman–Crippen MR) is 129 cm³/mol. The number of benzene rings is 1. The molecule has 1 fully saturated rings. The molecule has 0 spiro atoms. The average Bonchev–Trinajstić information content (AvgIpc) is 2.96. The first kappa shape index (κ1) is 22.1. The summed E-state index contributed by atoms with van der Waals surface area (Å²) in [6.07, 6.45) is 5.72. The van der Waals surface area contributed by atoms with E-state index in [2.05, 4.69) is 96.5 Å². The Hall–Kier alpha value is -1.71. The van der Waals surface area contributed by atoms with Crippen LogP contribution >= 0.6 is 0 Å². The first-order valence-electron chi connectivity index (χ1n) is 12.7. The van der Waals surface area contributed by atoms with Crippen molar-refractivity contribution in [3.05, 3.63) is 53.2 Å². The van der Waals surface area contributed by atoms with Gasteiger partial charge in [-0.3, -0.25) is 0 Å². The molecule has 0 bridgehead atoms. The fourth-order valence-electron chi connectivity index (χ4n) is 7.66. The zero-order valence-corrected chi connectivity index (χ0v) is 21.2. The molecule has 3 unspecified atom stereocenters. The molecule has 0 radical (unpaired) electrons. The second-order valence-corrected chi connectivity index (χ2v) is 11.3. The second-order valence-electron chi connectivity index (χ2n) is 11.3. The van der Waals surface area contributed by atoms with Gasteiger partial charge < -0.3 is 9.47 Å². The molecule has 2 aromatic rings. The lowest BCUT2D eigenvalue weighted by atomic mass is 9.42. The molecule has 3 nitrogen and oxygen atoms in total. The molecule has 5 rings (SSSR count). The summed E-state index contributed by atoms with van der Waals surface area (Å²) in [6, 6.07) is 11.7. The standard InChI is InChI=1S/C29H40NO2/c1-9-28-17-23(26(31-18(3)4)32-19(5)6)29(28,10-2)30-16-12-15-22-25(30)24-20(27(22,7)8)13-11-14-21(24)28/h11-16,18-19,23,26H,9-10,17H2,1-8H3/q+1. The summed E-state index contributed by atoms with van der Waals surface area (Å²) in [5.41, 5.74) is 7.52. The van der Waals surface area contributed by atoms with Crippen LogP contribution in [0.2, 0.25) is 0 Å². The molecule has 0 N–H and O–H groups in total. The van der Waals surface area contributed by atoms with Gasteiger partial charge in [-0.25, -0.2) is 0 Å². The maximum atomic E-state index is 6.48. The molecule has 1 aromatic heterocycles. The van der Waals surface area contributed by atoms with E-state index in [9.17, 15) is 0 Å². The van der Waals surface area contributed by atoms with Crippen LogP contribution in [0.15, 0.2) is 36.5 Å². The van der Waals surface area contributed by atoms with Crippen molar-refractivity contribution in [1.29, 1.82) is 0 Å². The highest BCUT2D eigenvalue weighted by atomic mass is 16.7. The van der Waals surface area contributed by atoms with E-state index < -0.39 is 0 Å². The second kappa shape index (κ2) is 7.14. The van der Waals surface area contributed by atoms with Crippen LogP contribution in [0.1, 0.15) is 91.3 Å². The fraction of sp³-hybridized carbons (Fsp3) is 0.621. The van der Waals surface area contributed by atoms with Gasteiger partial charge in [0.1, 0.15) is 0 Å². The van der Waals surface area contributed by atoms with Crippen LogP contribution in [0, 0.1) is 5.92 Å². The Kier molecular flexibility index (Phi) is 4.93. The Bertz CT molecular complexity index is 1050. The molecular formula is C29H40NO2+. The number of hydrogen-bond acceptors (Lipinski definition) is 2. The molecular weight excluding hydrogens is 394 g/mol. The third-order valence-corrected chi connectivity index (χ3v) is 8.88. The maximum absolute atomic E-state index is 6.48. The van der Waals surface area contributed by atoms with Crippen LogP contribution in [0.25, 0.3) is 11.3 Å². The molecule has 3 aliphatic rings. The monoisotopic (exact) mass is 434 g/mol. The van der Waals surface area contributed by atoms with Crippen molar-refractivity contribution < 1.29 is 14.0 Å². The summed E-state index contributed by atoms with van der Waals surface area (Å²) in [5.74, 6) is 0.314. The third-order valence-electron chi connectivity index (χ3n) is 8.88. The van der Waals surface area contributed by atoms with Gasteiger partial charge in [0.15, 0.2) is 18.0 Å². The molecule has 3 heteroatoms. The van der Waals surface area contributed by atoms with Crippen molar-refractivity contribution >= 4 is 0 Å². The summed E-state index contributed by atoms with van der Waals surface area (Å²) in [4.78, 5) is 0. The van der Waals surface area contributed by atoms with Crippen molar-refractivity contribution in [2.24, 2.45) is 5.92 Å². The molecule has 2 heterocycles. The summed E-state index contributed by atoms with van der Waals surface area (Å²) >= 11 is 0. The molecule has 1 saturated carbocycles. The van der Waals surface area contributed by atoms with Crippen LogP contribution in [-0.2, 0) is 25.8 Å². The van der Waals surface area contributed by atoms with E-state index in [1.54, 1.807) is 5.56 Å². The quantitative estimate of drug-likeness (QED) is 0.380. The first-order chi connectivity index (χ1) is 15.2. The number of hydrogen-bond donors (Lipinski definition) is 0. The van der Waals surface area contributed by atoms with Crippen LogP contribution in [0.4, 0.5) is 0 Å². The minimum atomic E-state index is -0.197. The van der Waals surface area contributed by atoms with Gasteiger partial charge in [-0.2, -0.15) is 4.57 Å². The number of nitrogens with zero attached hydrogens (tertiary/aromatic N) is 1. The van der Waals surface area contributed by atoms with Gasteiger partial charge in [0.2, 0.25) is 5.69 Å². The van der Waals surface area contributed by atoms with Gasteiger partial charge >= 0.3 is 0 Å². The van der Waals surface area contributed by atoms with E-state index >= 15 is 0 Å². The smallest absolute Gasteiger partial charge is 0.217 e. The van der Waals surface area contributed by atoms with Crippen LogP contribution < -0.4 is 4.57 Å². The average molecular weight is 435 g/mol. The molecule has 1 aromatic carbocycles. The zero-order chi connectivity index (χ0) is 23.1. The van der Waals surface area contributed by atoms with E-state index in [4.69, 9.17) is 9.47 Å². The van der Waals surface area contributed by atoms with E-state index in [0.717, 1.165) is 19.3 Å². The number of pyridine rings is 1. The first-order valence-corrected chi connectivity index (χ1v) is 12.7. The van der Waals surface area contributed by atoms with Gasteiger partial charge in [-0.1, -0.05) is 45.9 Å². The van der Waals surface area contributed by atoms with E-state index in [1.165, 1.54) is 22.4 Å². The van der Waals surface area contributed by atoms with Gasteiger partial charge in [0.25, 0.3) is 0 Å². The molecule has 2 aliphatic carbocycles. The van der Waals surface area contributed by atoms with E-state index in [1.807, 2.05) is 0 Å². The Labute approximate surface area is 194 Å². The van der Waals surface area contributed by atoms with Crippen molar-refractivity contribution in [3.8, 4) is 11.3 Å². The molecule has 1 aliphatic heterocycles. The summed E-state index contributed by atoms with van der Waals surface area (Å²) < 4.78 is 15.6. The third kappa shape index (κ3) is 2.47. The predicted octanol–water partition coefficient (Wildman–Crippen LogP) is 6.24. The Balaban J connectivity index is 1.79. The zero-order valence-electron chi connectivity index (χ0n) is 21.2. The van der Waals surface area contributed by atoms with Gasteiger partial charge in [-0.15, -0.1) is 0 Å². The van der Waals surface area contributed by atoms with Crippen molar-refractivity contribution in [2.45, 2.75) is 110 Å². The van der Waals surface area contributed by atoms with Crippen LogP contribution in [0.5, 0.6) is 0 Å². The lowest BCUT2D eigenvalue weighted by Crippen LogP contribution is -2.81. The van der Waals surface area contributed by atoms with Crippen LogP contribution in [-0.4, -0.2) is 18.5 Å². The molecule has 32 heavy (non-hydrogen) atoms. The van der Waals surface area contributed by atoms with E-state index in [0.29, 0.717) is 5.92 Å². The summed E-state index contributed by atoms with van der Waals surface area (Å²) in [7, 11) is 0. The number of aromatic nitrogens is 1. The van der Waals surface area contributed by atoms with Gasteiger partial charge in [0, 0.05) is 23.5 Å².